The number of rotatable bonds is 2. The molecule has 0 aromatic carbocycles. The van der Waals surface area contributed by atoms with Crippen molar-refractivity contribution in [3.8, 4) is 6.07 Å². The van der Waals surface area contributed by atoms with E-state index in [9.17, 15) is 19.8 Å². The van der Waals surface area contributed by atoms with Crippen LogP contribution in [-0.2, 0) is 10.5 Å². The molecule has 0 saturated carbocycles. The molecule has 19 heavy (non-hydrogen) atoms. The third-order valence-electron chi connectivity index (χ3n) is 2.68. The van der Waals surface area contributed by atoms with E-state index >= 15 is 0 Å². The van der Waals surface area contributed by atoms with Crippen LogP contribution < -0.4 is 11.2 Å². The summed E-state index contributed by atoms with van der Waals surface area (Å²) in [5.74, 6) is -1.17. The maximum absolute atomic E-state index is 11.6. The lowest BCUT2D eigenvalue weighted by Gasteiger charge is -2.26. The van der Waals surface area contributed by atoms with Crippen LogP contribution in [0.4, 0.5) is 0 Å². The standard InChI is InChI=1S/C10H9N3O6/c11-4-10(8(17)7(16)5(3-14)19-10)13-2-1-6(15)12-9(13)18/h1-2,8,14,16-17H,3H2,(H,12,15,18)/t8?,10-/m1/s1. The Labute approximate surface area is 105 Å². The Morgan fingerprint density at radius 3 is 2.74 bits per heavy atom. The fourth-order valence-electron chi connectivity index (χ4n) is 1.74. The molecule has 0 aliphatic carbocycles. The minimum absolute atomic E-state index is 0.424. The van der Waals surface area contributed by atoms with Crippen molar-refractivity contribution in [1.82, 2.24) is 9.55 Å². The number of ether oxygens (including phenoxy) is 1. The minimum Gasteiger partial charge on any atom is -0.506 e. The summed E-state index contributed by atoms with van der Waals surface area (Å²) >= 11 is 0. The highest BCUT2D eigenvalue weighted by molar-refractivity contribution is 5.24. The monoisotopic (exact) mass is 267 g/mol. The Morgan fingerprint density at radius 2 is 2.26 bits per heavy atom. The van der Waals surface area contributed by atoms with Gasteiger partial charge in [0.05, 0.1) is 0 Å². The second kappa shape index (κ2) is 4.27. The van der Waals surface area contributed by atoms with Crippen LogP contribution in [0.15, 0.2) is 33.4 Å². The van der Waals surface area contributed by atoms with Crippen LogP contribution >= 0.6 is 0 Å². The SMILES string of the molecule is N#C[C@@]1(n2ccc(=O)[nH]c2=O)OC(CO)=C(O)C1O. The number of nitriles is 1. The van der Waals surface area contributed by atoms with Gasteiger partial charge < -0.3 is 20.1 Å². The Bertz CT molecular complexity index is 696. The van der Waals surface area contributed by atoms with Gasteiger partial charge in [0.2, 0.25) is 0 Å². The first-order chi connectivity index (χ1) is 8.96. The molecule has 0 fully saturated rings. The third-order valence-corrected chi connectivity index (χ3v) is 2.68. The number of aliphatic hydroxyl groups excluding tert-OH is 3. The number of hydrogen-bond acceptors (Lipinski definition) is 7. The third kappa shape index (κ3) is 1.70. The van der Waals surface area contributed by atoms with Gasteiger partial charge >= 0.3 is 11.4 Å². The summed E-state index contributed by atoms with van der Waals surface area (Å²) in [5.41, 5.74) is -3.97. The van der Waals surface area contributed by atoms with Crippen LogP contribution in [0.25, 0.3) is 0 Å². The molecule has 4 N–H and O–H groups in total. The Morgan fingerprint density at radius 1 is 1.58 bits per heavy atom. The smallest absolute Gasteiger partial charge is 0.332 e. The van der Waals surface area contributed by atoms with Gasteiger partial charge in [-0.3, -0.25) is 9.78 Å². The van der Waals surface area contributed by atoms with Gasteiger partial charge in [-0.25, -0.2) is 9.36 Å². The van der Waals surface area contributed by atoms with Crippen molar-refractivity contribution in [1.29, 1.82) is 5.26 Å². The molecular formula is C10H9N3O6. The van der Waals surface area contributed by atoms with E-state index in [2.05, 4.69) is 0 Å². The predicted molar refractivity (Wildman–Crippen MR) is 58.7 cm³/mol. The Balaban J connectivity index is 2.63. The van der Waals surface area contributed by atoms with Crippen LogP contribution in [0.2, 0.25) is 0 Å². The van der Waals surface area contributed by atoms with Crippen molar-refractivity contribution in [2.75, 3.05) is 6.61 Å². The largest absolute Gasteiger partial charge is 0.506 e. The quantitative estimate of drug-likeness (QED) is 0.478. The topological polar surface area (TPSA) is 149 Å². The molecule has 2 heterocycles. The van der Waals surface area contributed by atoms with Crippen LogP contribution in [0.3, 0.4) is 0 Å². The van der Waals surface area contributed by atoms with Crippen molar-refractivity contribution in [3.63, 3.8) is 0 Å². The van der Waals surface area contributed by atoms with Gasteiger partial charge in [0.25, 0.3) is 5.56 Å². The van der Waals surface area contributed by atoms with E-state index in [1.54, 1.807) is 6.07 Å². The average Bonchev–Trinajstić information content (AvgIpc) is 2.64. The van der Waals surface area contributed by atoms with Crippen molar-refractivity contribution in [2.24, 2.45) is 0 Å². The molecule has 1 aromatic heterocycles. The number of nitrogens with zero attached hydrogens (tertiary/aromatic N) is 2. The first-order valence-electron chi connectivity index (χ1n) is 5.10. The summed E-state index contributed by atoms with van der Waals surface area (Å²) < 4.78 is 5.61. The van der Waals surface area contributed by atoms with Crippen LogP contribution in [0, 0.1) is 11.3 Å². The molecule has 1 aliphatic heterocycles. The van der Waals surface area contributed by atoms with Gasteiger partial charge in [0, 0.05) is 12.3 Å². The molecule has 0 spiro atoms. The first-order valence-corrected chi connectivity index (χ1v) is 5.10. The van der Waals surface area contributed by atoms with Gasteiger partial charge in [-0.2, -0.15) is 5.26 Å². The highest BCUT2D eigenvalue weighted by atomic mass is 16.6. The van der Waals surface area contributed by atoms with Gasteiger partial charge in [-0.05, 0) is 0 Å². The summed E-state index contributed by atoms with van der Waals surface area (Å²) in [4.78, 5) is 24.5. The maximum atomic E-state index is 11.6. The van der Waals surface area contributed by atoms with E-state index in [4.69, 9.17) is 15.1 Å². The molecule has 0 bridgehead atoms. The van der Waals surface area contributed by atoms with E-state index in [1.165, 1.54) is 0 Å². The second-order valence-corrected chi connectivity index (χ2v) is 3.76. The van der Waals surface area contributed by atoms with E-state index in [0.717, 1.165) is 12.3 Å². The van der Waals surface area contributed by atoms with Crippen LogP contribution in [0.1, 0.15) is 0 Å². The summed E-state index contributed by atoms with van der Waals surface area (Å²) in [7, 11) is 0. The normalized spacial score (nSPS) is 26.1. The molecule has 2 atom stereocenters. The van der Waals surface area contributed by atoms with E-state index in [-0.39, 0.29) is 0 Å². The molecule has 0 amide bonds. The summed E-state index contributed by atoms with van der Waals surface area (Å²) in [5, 5.41) is 37.5. The lowest BCUT2D eigenvalue weighted by atomic mass is 10.1. The summed E-state index contributed by atoms with van der Waals surface area (Å²) in [6, 6.07) is 2.50. The Hall–Kier alpha value is -2.57. The highest BCUT2D eigenvalue weighted by Gasteiger charge is 2.53. The second-order valence-electron chi connectivity index (χ2n) is 3.76. The lowest BCUT2D eigenvalue weighted by Crippen LogP contribution is -2.49. The molecule has 1 unspecified atom stereocenters. The van der Waals surface area contributed by atoms with Gasteiger partial charge in [0.15, 0.2) is 17.6 Å². The lowest BCUT2D eigenvalue weighted by molar-refractivity contribution is -0.0786. The highest BCUT2D eigenvalue weighted by Crippen LogP contribution is 2.35. The number of nitrogens with one attached hydrogen (secondary N) is 1. The van der Waals surface area contributed by atoms with Crippen molar-refractivity contribution in [3.05, 3.63) is 44.6 Å². The van der Waals surface area contributed by atoms with E-state index < -0.39 is 41.2 Å². The molecule has 1 aromatic rings. The number of H-pyrrole nitrogens is 1. The number of hydrogen-bond donors (Lipinski definition) is 4. The van der Waals surface area contributed by atoms with Gasteiger partial charge in [0.1, 0.15) is 12.7 Å². The molecule has 2 rings (SSSR count). The maximum Gasteiger partial charge on any atom is 0.332 e. The van der Waals surface area contributed by atoms with Crippen LogP contribution in [0.5, 0.6) is 0 Å². The Kier molecular flexibility index (Phi) is 2.89. The minimum atomic E-state index is -2.27. The molecule has 100 valence electrons. The van der Waals surface area contributed by atoms with Crippen molar-refractivity contribution < 1.29 is 20.1 Å². The van der Waals surface area contributed by atoms with E-state index in [0.29, 0.717) is 4.57 Å². The fraction of sp³-hybridized carbons (Fsp3) is 0.300. The molecule has 9 heteroatoms. The zero-order valence-corrected chi connectivity index (χ0v) is 9.40. The molecule has 0 saturated heterocycles. The zero-order chi connectivity index (χ0) is 14.2. The predicted octanol–water partition coefficient (Wildman–Crippen LogP) is -2.13. The van der Waals surface area contributed by atoms with Crippen molar-refractivity contribution in [2.45, 2.75) is 11.8 Å². The summed E-state index contributed by atoms with van der Waals surface area (Å²) in [6.07, 6.45) is -0.926. The van der Waals surface area contributed by atoms with Crippen LogP contribution in [-0.4, -0.2) is 37.6 Å². The summed E-state index contributed by atoms with van der Waals surface area (Å²) in [6.45, 7) is -0.759. The number of aromatic nitrogens is 2. The fourth-order valence-corrected chi connectivity index (χ4v) is 1.74. The van der Waals surface area contributed by atoms with E-state index in [1.807, 2.05) is 4.98 Å². The molecule has 0 radical (unpaired) electrons. The van der Waals surface area contributed by atoms with Gasteiger partial charge in [-0.1, -0.05) is 0 Å². The average molecular weight is 267 g/mol. The van der Waals surface area contributed by atoms with Crippen molar-refractivity contribution >= 4 is 0 Å². The first kappa shape index (κ1) is 12.9. The molecule has 9 nitrogen and oxygen atoms in total. The zero-order valence-electron chi connectivity index (χ0n) is 9.40. The molecular weight excluding hydrogens is 258 g/mol. The number of aliphatic hydroxyl groups is 3. The van der Waals surface area contributed by atoms with Gasteiger partial charge in [-0.15, -0.1) is 0 Å². The molecule has 1 aliphatic rings. The number of aromatic amines is 1.